The normalized spacial score (nSPS) is 9.50. The zero-order valence-corrected chi connectivity index (χ0v) is 8.18. The van der Waals surface area contributed by atoms with Gasteiger partial charge in [0.15, 0.2) is 0 Å². The van der Waals surface area contributed by atoms with Crippen molar-refractivity contribution in [2.75, 3.05) is 18.5 Å². The van der Waals surface area contributed by atoms with Crippen LogP contribution < -0.4 is 5.32 Å². The van der Waals surface area contributed by atoms with Crippen LogP contribution in [0.5, 0.6) is 0 Å². The maximum Gasteiger partial charge on any atom is 0.132 e. The lowest BCUT2D eigenvalue weighted by Gasteiger charge is -2.04. The maximum atomic E-state index is 11.8. The minimum Gasteiger partial charge on any atom is -0.370 e. The van der Waals surface area contributed by atoms with Gasteiger partial charge in [0.2, 0.25) is 0 Å². The minimum absolute atomic E-state index is 0.256. The number of aromatic nitrogens is 1. The largest absolute Gasteiger partial charge is 0.370 e. The Morgan fingerprint density at radius 2 is 2.36 bits per heavy atom. The number of nitrogens with zero attached hydrogens (tertiary/aromatic N) is 2. The van der Waals surface area contributed by atoms with Crippen LogP contribution in [-0.4, -0.2) is 18.2 Å². The Hall–Kier alpha value is -1.34. The minimum atomic E-state index is -0.376. The highest BCUT2D eigenvalue weighted by Crippen LogP contribution is 2.13. The van der Waals surface area contributed by atoms with Crippen LogP contribution in [0.4, 0.5) is 10.2 Å². The molecule has 0 aromatic carbocycles. The zero-order valence-electron chi connectivity index (χ0n) is 7.43. The van der Waals surface area contributed by atoms with Crippen molar-refractivity contribution < 1.29 is 4.39 Å². The van der Waals surface area contributed by atoms with E-state index in [4.69, 9.17) is 16.9 Å². The van der Waals surface area contributed by atoms with Gasteiger partial charge in [-0.2, -0.15) is 5.26 Å². The molecule has 0 unspecified atom stereocenters. The fourth-order valence-electron chi connectivity index (χ4n) is 0.935. The van der Waals surface area contributed by atoms with E-state index < -0.39 is 0 Å². The van der Waals surface area contributed by atoms with Crippen molar-refractivity contribution in [1.82, 2.24) is 4.98 Å². The smallest absolute Gasteiger partial charge is 0.132 e. The molecule has 0 bridgehead atoms. The molecule has 0 aliphatic heterocycles. The molecule has 1 rings (SSSR count). The lowest BCUT2D eigenvalue weighted by Crippen LogP contribution is -2.04. The lowest BCUT2D eigenvalue weighted by molar-refractivity contribution is 0.481. The van der Waals surface area contributed by atoms with E-state index in [1.54, 1.807) is 6.07 Å². The van der Waals surface area contributed by atoms with E-state index in [0.29, 0.717) is 24.3 Å². The standard InChI is InChI=1S/C9H9ClFN3/c10-8-4-7(6-12)5-9(14-8)13-3-1-2-11/h4-5H,1-3H2,(H,13,14). The Balaban J connectivity index is 2.68. The number of rotatable bonds is 4. The third-order valence-corrected chi connectivity index (χ3v) is 1.73. The molecule has 0 saturated carbocycles. The second-order valence-corrected chi connectivity index (χ2v) is 3.03. The van der Waals surface area contributed by atoms with Crippen LogP contribution in [0.1, 0.15) is 12.0 Å². The number of halogens is 2. The van der Waals surface area contributed by atoms with Crippen LogP contribution in [0.2, 0.25) is 5.15 Å². The molecule has 0 radical (unpaired) electrons. The van der Waals surface area contributed by atoms with E-state index >= 15 is 0 Å². The van der Waals surface area contributed by atoms with E-state index in [2.05, 4.69) is 10.3 Å². The number of pyridine rings is 1. The Morgan fingerprint density at radius 1 is 1.57 bits per heavy atom. The Labute approximate surface area is 86.5 Å². The van der Waals surface area contributed by atoms with Gasteiger partial charge in [-0.3, -0.25) is 4.39 Å². The third kappa shape index (κ3) is 3.19. The molecular weight excluding hydrogens is 205 g/mol. The van der Waals surface area contributed by atoms with Crippen molar-refractivity contribution in [3.8, 4) is 6.07 Å². The number of alkyl halides is 1. The van der Waals surface area contributed by atoms with Gasteiger partial charge in [0.1, 0.15) is 11.0 Å². The van der Waals surface area contributed by atoms with E-state index in [0.717, 1.165) is 0 Å². The van der Waals surface area contributed by atoms with Crippen LogP contribution in [0.15, 0.2) is 12.1 Å². The van der Waals surface area contributed by atoms with Gasteiger partial charge in [0, 0.05) is 6.54 Å². The molecule has 14 heavy (non-hydrogen) atoms. The van der Waals surface area contributed by atoms with E-state index in [9.17, 15) is 4.39 Å². The maximum absolute atomic E-state index is 11.8. The Morgan fingerprint density at radius 3 is 3.00 bits per heavy atom. The summed E-state index contributed by atoms with van der Waals surface area (Å²) in [6.45, 7) is 0.105. The van der Waals surface area contributed by atoms with Crippen LogP contribution in [0.25, 0.3) is 0 Å². The SMILES string of the molecule is N#Cc1cc(Cl)nc(NCCCF)c1. The first-order valence-electron chi connectivity index (χ1n) is 4.14. The highest BCUT2D eigenvalue weighted by Gasteiger charge is 1.99. The molecule has 0 spiro atoms. The molecule has 0 saturated heterocycles. The number of nitriles is 1. The second-order valence-electron chi connectivity index (χ2n) is 2.64. The van der Waals surface area contributed by atoms with Gasteiger partial charge in [-0.05, 0) is 18.6 Å². The molecule has 1 aromatic rings. The number of hydrogen-bond donors (Lipinski definition) is 1. The molecule has 0 aliphatic carbocycles. The lowest BCUT2D eigenvalue weighted by atomic mass is 10.3. The molecule has 1 N–H and O–H groups in total. The number of anilines is 1. The van der Waals surface area contributed by atoms with Crippen molar-refractivity contribution in [1.29, 1.82) is 5.26 Å². The van der Waals surface area contributed by atoms with E-state index in [1.165, 1.54) is 6.07 Å². The molecule has 5 heteroatoms. The molecule has 1 aromatic heterocycles. The van der Waals surface area contributed by atoms with Gasteiger partial charge < -0.3 is 5.32 Å². The molecule has 3 nitrogen and oxygen atoms in total. The molecule has 1 heterocycles. The van der Waals surface area contributed by atoms with Crippen molar-refractivity contribution in [2.24, 2.45) is 0 Å². The summed E-state index contributed by atoms with van der Waals surface area (Å²) in [4.78, 5) is 3.93. The third-order valence-electron chi connectivity index (χ3n) is 1.54. The van der Waals surface area contributed by atoms with Crippen LogP contribution >= 0.6 is 11.6 Å². The molecule has 74 valence electrons. The predicted octanol–water partition coefficient (Wildman–Crippen LogP) is 2.38. The van der Waals surface area contributed by atoms with Gasteiger partial charge in [-0.1, -0.05) is 11.6 Å². The van der Waals surface area contributed by atoms with Crippen molar-refractivity contribution in [2.45, 2.75) is 6.42 Å². The van der Waals surface area contributed by atoms with Gasteiger partial charge in [0.25, 0.3) is 0 Å². The predicted molar refractivity (Wildman–Crippen MR) is 53.0 cm³/mol. The second kappa shape index (κ2) is 5.40. The first-order chi connectivity index (χ1) is 6.76. The fourth-order valence-corrected chi connectivity index (χ4v) is 1.14. The summed E-state index contributed by atoms with van der Waals surface area (Å²) in [6, 6.07) is 5.01. The van der Waals surface area contributed by atoms with Gasteiger partial charge >= 0.3 is 0 Å². The molecular formula is C9H9ClFN3. The Bertz CT molecular complexity index is 348. The first-order valence-corrected chi connectivity index (χ1v) is 4.51. The van der Waals surface area contributed by atoms with Crippen LogP contribution in [0, 0.1) is 11.3 Å². The average Bonchev–Trinajstić information content (AvgIpc) is 2.17. The molecule has 0 atom stereocenters. The van der Waals surface area contributed by atoms with E-state index in [1.807, 2.05) is 6.07 Å². The summed E-state index contributed by atoms with van der Waals surface area (Å²) in [7, 11) is 0. The highest BCUT2D eigenvalue weighted by molar-refractivity contribution is 6.29. The highest BCUT2D eigenvalue weighted by atomic mass is 35.5. The van der Waals surface area contributed by atoms with Gasteiger partial charge in [-0.25, -0.2) is 4.98 Å². The fraction of sp³-hybridized carbons (Fsp3) is 0.333. The quantitative estimate of drug-likeness (QED) is 0.617. The number of nitrogens with one attached hydrogen (secondary N) is 1. The summed E-state index contributed by atoms with van der Waals surface area (Å²) >= 11 is 5.67. The monoisotopic (exact) mass is 213 g/mol. The molecule has 0 fully saturated rings. The average molecular weight is 214 g/mol. The summed E-state index contributed by atoms with van der Waals surface area (Å²) < 4.78 is 11.8. The van der Waals surface area contributed by atoms with Crippen molar-refractivity contribution in [3.05, 3.63) is 22.8 Å². The van der Waals surface area contributed by atoms with E-state index in [-0.39, 0.29) is 11.8 Å². The van der Waals surface area contributed by atoms with Crippen molar-refractivity contribution in [3.63, 3.8) is 0 Å². The molecule has 0 amide bonds. The van der Waals surface area contributed by atoms with Crippen molar-refractivity contribution >= 4 is 17.4 Å². The molecule has 0 aliphatic rings. The summed E-state index contributed by atoms with van der Waals surface area (Å²) in [6.07, 6.45) is 0.413. The van der Waals surface area contributed by atoms with Crippen LogP contribution in [0.3, 0.4) is 0 Å². The topological polar surface area (TPSA) is 48.7 Å². The summed E-state index contributed by atoms with van der Waals surface area (Å²) in [5.41, 5.74) is 0.438. The van der Waals surface area contributed by atoms with Gasteiger partial charge in [0.05, 0.1) is 18.3 Å². The van der Waals surface area contributed by atoms with Crippen LogP contribution in [-0.2, 0) is 0 Å². The Kier molecular flexibility index (Phi) is 4.14. The summed E-state index contributed by atoms with van der Waals surface area (Å²) in [5.74, 6) is 0.502. The summed E-state index contributed by atoms with van der Waals surface area (Å²) in [5, 5.41) is 11.8. The number of hydrogen-bond acceptors (Lipinski definition) is 3. The van der Waals surface area contributed by atoms with Gasteiger partial charge in [-0.15, -0.1) is 0 Å². The first kappa shape index (κ1) is 10.7. The zero-order chi connectivity index (χ0) is 10.4.